The fourth-order valence-corrected chi connectivity index (χ4v) is 2.56. The maximum absolute atomic E-state index is 12.2. The minimum Gasteiger partial charge on any atom is -0.486 e. The SMILES string of the molecule is Cc1cccc(C(=O)/C=C/c2ccc(COc3ccc(Br)cc3)o2)c1. The molecule has 1 heterocycles. The van der Waals surface area contributed by atoms with E-state index in [0.29, 0.717) is 23.7 Å². The molecule has 0 aliphatic rings. The molecule has 3 aromatic rings. The maximum atomic E-state index is 12.2. The van der Waals surface area contributed by atoms with Crippen LogP contribution in [0.5, 0.6) is 5.75 Å². The van der Waals surface area contributed by atoms with Gasteiger partial charge < -0.3 is 9.15 Å². The Labute approximate surface area is 155 Å². The molecule has 0 atom stereocenters. The lowest BCUT2D eigenvalue weighted by Gasteiger charge is -2.03. The van der Waals surface area contributed by atoms with Gasteiger partial charge in [-0.25, -0.2) is 0 Å². The zero-order valence-electron chi connectivity index (χ0n) is 13.7. The predicted molar refractivity (Wildman–Crippen MR) is 102 cm³/mol. The molecule has 0 saturated carbocycles. The average Bonchev–Trinajstić information content (AvgIpc) is 3.07. The molecule has 1 aromatic heterocycles. The van der Waals surface area contributed by atoms with Crippen molar-refractivity contribution in [2.75, 3.05) is 0 Å². The monoisotopic (exact) mass is 396 g/mol. The molecule has 0 aliphatic carbocycles. The lowest BCUT2D eigenvalue weighted by molar-refractivity contribution is 0.104. The van der Waals surface area contributed by atoms with Gasteiger partial charge in [0.05, 0.1) is 0 Å². The molecule has 3 nitrogen and oxygen atoms in total. The lowest BCUT2D eigenvalue weighted by Crippen LogP contribution is -1.94. The van der Waals surface area contributed by atoms with Crippen LogP contribution in [0.3, 0.4) is 0 Å². The van der Waals surface area contributed by atoms with E-state index < -0.39 is 0 Å². The van der Waals surface area contributed by atoms with Gasteiger partial charge in [0, 0.05) is 10.0 Å². The van der Waals surface area contributed by atoms with Crippen LogP contribution < -0.4 is 4.74 Å². The summed E-state index contributed by atoms with van der Waals surface area (Å²) in [6.07, 6.45) is 3.20. The van der Waals surface area contributed by atoms with Crippen LogP contribution in [-0.2, 0) is 6.61 Å². The van der Waals surface area contributed by atoms with E-state index in [2.05, 4.69) is 15.9 Å². The number of benzene rings is 2. The van der Waals surface area contributed by atoms with Crippen LogP contribution in [0.1, 0.15) is 27.4 Å². The van der Waals surface area contributed by atoms with Gasteiger partial charge in [0.1, 0.15) is 23.9 Å². The van der Waals surface area contributed by atoms with Gasteiger partial charge in [0.25, 0.3) is 0 Å². The van der Waals surface area contributed by atoms with Gasteiger partial charge in [-0.1, -0.05) is 39.7 Å². The highest BCUT2D eigenvalue weighted by atomic mass is 79.9. The molecule has 0 N–H and O–H groups in total. The van der Waals surface area contributed by atoms with Crippen molar-refractivity contribution in [3.8, 4) is 5.75 Å². The molecule has 25 heavy (non-hydrogen) atoms. The number of ether oxygens (including phenoxy) is 1. The second kappa shape index (κ2) is 7.99. The van der Waals surface area contributed by atoms with Crippen LogP contribution in [0, 0.1) is 6.92 Å². The summed E-state index contributed by atoms with van der Waals surface area (Å²) in [5, 5.41) is 0. The minimum absolute atomic E-state index is 0.0484. The third-order valence-electron chi connectivity index (χ3n) is 3.58. The average molecular weight is 397 g/mol. The van der Waals surface area contributed by atoms with E-state index in [1.54, 1.807) is 12.1 Å². The molecule has 0 radical (unpaired) electrons. The summed E-state index contributed by atoms with van der Waals surface area (Å²) >= 11 is 3.39. The van der Waals surface area contributed by atoms with E-state index in [0.717, 1.165) is 15.8 Å². The van der Waals surface area contributed by atoms with Crippen molar-refractivity contribution in [3.63, 3.8) is 0 Å². The van der Waals surface area contributed by atoms with Crippen LogP contribution in [-0.4, -0.2) is 5.78 Å². The van der Waals surface area contributed by atoms with Gasteiger partial charge in [-0.15, -0.1) is 0 Å². The quantitative estimate of drug-likeness (QED) is 0.388. The molecule has 0 spiro atoms. The van der Waals surface area contributed by atoms with Crippen LogP contribution in [0.25, 0.3) is 6.08 Å². The minimum atomic E-state index is -0.0484. The zero-order valence-corrected chi connectivity index (χ0v) is 15.3. The lowest BCUT2D eigenvalue weighted by atomic mass is 10.1. The number of furan rings is 1. The molecule has 0 bridgehead atoms. The first kappa shape index (κ1) is 17.2. The number of hydrogen-bond acceptors (Lipinski definition) is 3. The van der Waals surface area contributed by atoms with E-state index in [4.69, 9.17) is 9.15 Å². The molecule has 126 valence electrons. The number of ketones is 1. The first-order valence-corrected chi connectivity index (χ1v) is 8.65. The van der Waals surface area contributed by atoms with Gasteiger partial charge in [-0.3, -0.25) is 4.79 Å². The Morgan fingerprint density at radius 3 is 2.68 bits per heavy atom. The van der Waals surface area contributed by atoms with E-state index in [1.807, 2.05) is 61.5 Å². The normalized spacial score (nSPS) is 11.0. The van der Waals surface area contributed by atoms with E-state index in [-0.39, 0.29) is 5.78 Å². The molecule has 0 aliphatic heterocycles. The maximum Gasteiger partial charge on any atom is 0.185 e. The van der Waals surface area contributed by atoms with Crippen LogP contribution in [0.4, 0.5) is 0 Å². The molecule has 3 rings (SSSR count). The standard InChI is InChI=1S/C21H17BrO3/c1-15-3-2-4-16(13-15)21(23)12-11-19-9-10-20(25-19)14-24-18-7-5-17(22)6-8-18/h2-13H,14H2,1H3/b12-11+. The van der Waals surface area contributed by atoms with Gasteiger partial charge in [-0.2, -0.15) is 0 Å². The topological polar surface area (TPSA) is 39.4 Å². The highest BCUT2D eigenvalue weighted by molar-refractivity contribution is 9.10. The Hall–Kier alpha value is -2.59. The molecule has 4 heteroatoms. The van der Waals surface area contributed by atoms with E-state index >= 15 is 0 Å². The van der Waals surface area contributed by atoms with Gasteiger partial charge in [0.15, 0.2) is 5.78 Å². The van der Waals surface area contributed by atoms with Crippen molar-refractivity contribution in [2.24, 2.45) is 0 Å². The zero-order chi connectivity index (χ0) is 17.6. The molecule has 0 saturated heterocycles. The molecule has 2 aromatic carbocycles. The van der Waals surface area contributed by atoms with Crippen molar-refractivity contribution < 1.29 is 13.9 Å². The Morgan fingerprint density at radius 2 is 1.92 bits per heavy atom. The van der Waals surface area contributed by atoms with Crippen molar-refractivity contribution in [1.29, 1.82) is 0 Å². The molecular formula is C21H17BrO3. The fourth-order valence-electron chi connectivity index (χ4n) is 2.30. The number of carbonyl (C=O) groups excluding carboxylic acids is 1. The smallest absolute Gasteiger partial charge is 0.185 e. The third-order valence-corrected chi connectivity index (χ3v) is 4.11. The largest absolute Gasteiger partial charge is 0.486 e. The summed E-state index contributed by atoms with van der Waals surface area (Å²) in [4.78, 5) is 12.2. The summed E-state index contributed by atoms with van der Waals surface area (Å²) in [6.45, 7) is 2.30. The Morgan fingerprint density at radius 1 is 1.12 bits per heavy atom. The number of hydrogen-bond donors (Lipinski definition) is 0. The Kier molecular flexibility index (Phi) is 5.51. The summed E-state index contributed by atoms with van der Waals surface area (Å²) in [5.74, 6) is 2.04. The van der Waals surface area contributed by atoms with Crippen molar-refractivity contribution >= 4 is 27.8 Å². The number of allylic oxidation sites excluding steroid dienone is 1. The second-order valence-corrected chi connectivity index (χ2v) is 6.53. The van der Waals surface area contributed by atoms with Crippen molar-refractivity contribution in [1.82, 2.24) is 0 Å². The summed E-state index contributed by atoms with van der Waals surface area (Å²) in [6, 6.07) is 18.8. The number of aryl methyl sites for hydroxylation is 1. The van der Waals surface area contributed by atoms with E-state index in [9.17, 15) is 4.79 Å². The third kappa shape index (κ3) is 4.94. The second-order valence-electron chi connectivity index (χ2n) is 5.61. The molecule has 0 fully saturated rings. The fraction of sp³-hybridized carbons (Fsp3) is 0.0952. The molecule has 0 amide bonds. The first-order chi connectivity index (χ1) is 12.1. The Bertz CT molecular complexity index is 892. The number of carbonyl (C=O) groups is 1. The number of rotatable bonds is 6. The summed E-state index contributed by atoms with van der Waals surface area (Å²) in [5.41, 5.74) is 1.73. The van der Waals surface area contributed by atoms with Crippen LogP contribution in [0.15, 0.2) is 75.6 Å². The van der Waals surface area contributed by atoms with Crippen LogP contribution in [0.2, 0.25) is 0 Å². The summed E-state index contributed by atoms with van der Waals surface area (Å²) in [7, 11) is 0. The van der Waals surface area contributed by atoms with Crippen LogP contribution >= 0.6 is 15.9 Å². The van der Waals surface area contributed by atoms with Gasteiger partial charge in [0.2, 0.25) is 0 Å². The Balaban J connectivity index is 1.59. The number of halogens is 1. The van der Waals surface area contributed by atoms with Crippen molar-refractivity contribution in [2.45, 2.75) is 13.5 Å². The summed E-state index contributed by atoms with van der Waals surface area (Å²) < 4.78 is 12.3. The highest BCUT2D eigenvalue weighted by Gasteiger charge is 2.04. The van der Waals surface area contributed by atoms with Gasteiger partial charge in [-0.05, 0) is 61.5 Å². The van der Waals surface area contributed by atoms with Crippen molar-refractivity contribution in [3.05, 3.63) is 93.9 Å². The molecular weight excluding hydrogens is 380 g/mol. The van der Waals surface area contributed by atoms with E-state index in [1.165, 1.54) is 6.08 Å². The molecule has 0 unspecified atom stereocenters. The first-order valence-electron chi connectivity index (χ1n) is 7.86. The van der Waals surface area contributed by atoms with Gasteiger partial charge >= 0.3 is 0 Å². The predicted octanol–water partition coefficient (Wildman–Crippen LogP) is 5.83. The highest BCUT2D eigenvalue weighted by Crippen LogP contribution is 2.18.